The molecule has 10 heteroatoms. The second kappa shape index (κ2) is 9.69. The van der Waals surface area contributed by atoms with Crippen molar-refractivity contribution >= 4 is 9.84 Å². The van der Waals surface area contributed by atoms with Crippen molar-refractivity contribution in [1.82, 2.24) is 14.9 Å². The molecule has 2 aromatic rings. The molecule has 1 aromatic heterocycles. The van der Waals surface area contributed by atoms with Crippen LogP contribution in [0.5, 0.6) is 17.4 Å². The molecule has 0 aliphatic carbocycles. The number of ether oxygens (including phenoxy) is 2. The standard InChI is InChI=1S/C21H29N3O6S/c1-4-5-9-17-23-20(25)19(31(27,28)14-10-12-22-13-11-14)21(26)24(17)18-15(29-2)7-6-8-16(18)30-3/h6-8,14,22,25H,4-5,9-13H2,1-3H3. The molecule has 0 spiro atoms. The lowest BCUT2D eigenvalue weighted by Crippen LogP contribution is -2.39. The van der Waals surface area contributed by atoms with Gasteiger partial charge in [-0.3, -0.25) is 9.36 Å². The zero-order valence-corrected chi connectivity index (χ0v) is 18.9. The number of nitrogens with one attached hydrogen (secondary N) is 1. The van der Waals surface area contributed by atoms with E-state index in [1.165, 1.54) is 18.8 Å². The van der Waals surface area contributed by atoms with Gasteiger partial charge in [0.05, 0.1) is 19.5 Å². The van der Waals surface area contributed by atoms with Crippen LogP contribution in [0, 0.1) is 0 Å². The van der Waals surface area contributed by atoms with Crippen LogP contribution in [0.25, 0.3) is 5.69 Å². The van der Waals surface area contributed by atoms with Gasteiger partial charge in [-0.2, -0.15) is 4.98 Å². The smallest absolute Gasteiger partial charge is 0.281 e. The highest BCUT2D eigenvalue weighted by atomic mass is 32.2. The zero-order valence-electron chi connectivity index (χ0n) is 18.1. The quantitative estimate of drug-likeness (QED) is 0.624. The maximum atomic E-state index is 13.7. The summed E-state index contributed by atoms with van der Waals surface area (Å²) in [5.74, 6) is 0.157. The van der Waals surface area contributed by atoms with Crippen molar-refractivity contribution in [2.24, 2.45) is 0 Å². The van der Waals surface area contributed by atoms with Gasteiger partial charge in [-0.25, -0.2) is 8.42 Å². The fraction of sp³-hybridized carbons (Fsp3) is 0.524. The summed E-state index contributed by atoms with van der Waals surface area (Å²) in [7, 11) is -1.19. The molecule has 0 bridgehead atoms. The summed E-state index contributed by atoms with van der Waals surface area (Å²) in [4.78, 5) is 17.2. The summed E-state index contributed by atoms with van der Waals surface area (Å²) in [6, 6.07) is 5.02. The summed E-state index contributed by atoms with van der Waals surface area (Å²) >= 11 is 0. The number of unbranched alkanes of at least 4 members (excludes halogenated alkanes) is 1. The third-order valence-corrected chi connectivity index (χ3v) is 7.76. The Labute approximate surface area is 182 Å². The molecule has 0 amide bonds. The van der Waals surface area contributed by atoms with Crippen molar-refractivity contribution in [1.29, 1.82) is 0 Å². The van der Waals surface area contributed by atoms with E-state index in [9.17, 15) is 18.3 Å². The molecule has 0 saturated carbocycles. The second-order valence-corrected chi connectivity index (χ2v) is 9.60. The molecule has 31 heavy (non-hydrogen) atoms. The molecular weight excluding hydrogens is 422 g/mol. The highest BCUT2D eigenvalue weighted by Crippen LogP contribution is 2.34. The van der Waals surface area contributed by atoms with Crippen LogP contribution < -0.4 is 20.3 Å². The average molecular weight is 452 g/mol. The number of hydrogen-bond acceptors (Lipinski definition) is 8. The van der Waals surface area contributed by atoms with Crippen molar-refractivity contribution in [2.75, 3.05) is 27.3 Å². The van der Waals surface area contributed by atoms with Gasteiger partial charge in [0.2, 0.25) is 5.88 Å². The Balaban J connectivity index is 2.33. The van der Waals surface area contributed by atoms with Gasteiger partial charge >= 0.3 is 0 Å². The van der Waals surface area contributed by atoms with Gasteiger partial charge in [0.25, 0.3) is 5.56 Å². The molecular formula is C21H29N3O6S. The van der Waals surface area contributed by atoms with E-state index in [1.54, 1.807) is 18.2 Å². The van der Waals surface area contributed by atoms with Gasteiger partial charge in [0.1, 0.15) is 23.0 Å². The minimum Gasteiger partial charge on any atom is -0.494 e. The van der Waals surface area contributed by atoms with Gasteiger partial charge in [-0.1, -0.05) is 19.4 Å². The molecule has 0 radical (unpaired) electrons. The van der Waals surface area contributed by atoms with Crippen molar-refractivity contribution < 1.29 is 23.0 Å². The number of aromatic nitrogens is 2. The number of benzene rings is 1. The predicted molar refractivity (Wildman–Crippen MR) is 116 cm³/mol. The van der Waals surface area contributed by atoms with E-state index < -0.39 is 31.4 Å². The third kappa shape index (κ3) is 4.40. The summed E-state index contributed by atoms with van der Waals surface area (Å²) in [5, 5.41) is 12.9. The number of aromatic hydroxyl groups is 1. The highest BCUT2D eigenvalue weighted by molar-refractivity contribution is 7.92. The Hall–Kier alpha value is -2.59. The Kier molecular flexibility index (Phi) is 7.22. The number of rotatable bonds is 8. The Morgan fingerprint density at radius 2 is 1.81 bits per heavy atom. The van der Waals surface area contributed by atoms with E-state index in [1.807, 2.05) is 6.92 Å². The predicted octanol–water partition coefficient (Wildman–Crippen LogP) is 1.82. The van der Waals surface area contributed by atoms with Crippen LogP contribution in [-0.2, 0) is 16.3 Å². The Morgan fingerprint density at radius 1 is 1.19 bits per heavy atom. The van der Waals surface area contributed by atoms with Crippen LogP contribution in [0.4, 0.5) is 0 Å². The van der Waals surface area contributed by atoms with Crippen LogP contribution in [0.1, 0.15) is 38.4 Å². The summed E-state index contributed by atoms with van der Waals surface area (Å²) in [6.45, 7) is 3.05. The SMILES string of the molecule is CCCCc1nc(O)c(S(=O)(=O)C2CCNCC2)c(=O)n1-c1c(OC)cccc1OC. The summed E-state index contributed by atoms with van der Waals surface area (Å²) in [6.07, 6.45) is 2.61. The van der Waals surface area contributed by atoms with E-state index in [4.69, 9.17) is 9.47 Å². The zero-order chi connectivity index (χ0) is 22.6. The Morgan fingerprint density at radius 3 is 2.35 bits per heavy atom. The normalized spacial score (nSPS) is 15.1. The van der Waals surface area contributed by atoms with Crippen molar-refractivity contribution in [3.05, 3.63) is 34.4 Å². The number of aryl methyl sites for hydroxylation is 1. The molecule has 1 aromatic carbocycles. The van der Waals surface area contributed by atoms with Crippen LogP contribution >= 0.6 is 0 Å². The lowest BCUT2D eigenvalue weighted by Gasteiger charge is -2.24. The van der Waals surface area contributed by atoms with Crippen molar-refractivity contribution in [3.8, 4) is 23.1 Å². The lowest BCUT2D eigenvalue weighted by atomic mass is 10.2. The Bertz CT molecular complexity index is 1070. The first kappa shape index (κ1) is 23.1. The molecule has 1 aliphatic rings. The number of piperidine rings is 1. The van der Waals surface area contributed by atoms with E-state index in [0.29, 0.717) is 50.3 Å². The summed E-state index contributed by atoms with van der Waals surface area (Å²) in [5.41, 5.74) is -0.585. The monoisotopic (exact) mass is 451 g/mol. The number of methoxy groups -OCH3 is 2. The molecule has 0 atom stereocenters. The number of nitrogens with zero attached hydrogens (tertiary/aromatic N) is 2. The maximum Gasteiger partial charge on any atom is 0.281 e. The van der Waals surface area contributed by atoms with Crippen molar-refractivity contribution in [2.45, 2.75) is 49.2 Å². The number of para-hydroxylation sites is 1. The third-order valence-electron chi connectivity index (χ3n) is 5.48. The van der Waals surface area contributed by atoms with Gasteiger partial charge < -0.3 is 19.9 Å². The molecule has 1 aliphatic heterocycles. The number of hydrogen-bond donors (Lipinski definition) is 2. The van der Waals surface area contributed by atoms with Crippen molar-refractivity contribution in [3.63, 3.8) is 0 Å². The molecule has 2 heterocycles. The molecule has 2 N–H and O–H groups in total. The largest absolute Gasteiger partial charge is 0.494 e. The van der Waals surface area contributed by atoms with Crippen LogP contribution in [0.15, 0.2) is 27.9 Å². The van der Waals surface area contributed by atoms with E-state index in [2.05, 4.69) is 10.3 Å². The van der Waals surface area contributed by atoms with Gasteiger partial charge in [-0.05, 0) is 44.5 Å². The molecule has 0 unspecified atom stereocenters. The second-order valence-electron chi connectivity index (χ2n) is 7.43. The number of sulfone groups is 1. The van der Waals surface area contributed by atoms with Crippen LogP contribution in [0.3, 0.4) is 0 Å². The van der Waals surface area contributed by atoms with Gasteiger partial charge in [0.15, 0.2) is 14.7 Å². The lowest BCUT2D eigenvalue weighted by molar-refractivity contribution is 0.386. The van der Waals surface area contributed by atoms with Crippen LogP contribution in [0.2, 0.25) is 0 Å². The first-order valence-electron chi connectivity index (χ1n) is 10.4. The molecule has 9 nitrogen and oxygen atoms in total. The maximum absolute atomic E-state index is 13.7. The van der Waals surface area contributed by atoms with Crippen LogP contribution in [-0.4, -0.2) is 55.6 Å². The molecule has 170 valence electrons. The van der Waals surface area contributed by atoms with E-state index in [-0.39, 0.29) is 11.5 Å². The first-order valence-corrected chi connectivity index (χ1v) is 11.9. The minimum absolute atomic E-state index is 0.247. The molecule has 3 rings (SSSR count). The average Bonchev–Trinajstić information content (AvgIpc) is 2.77. The van der Waals surface area contributed by atoms with Gasteiger partial charge in [-0.15, -0.1) is 0 Å². The first-order chi connectivity index (χ1) is 14.9. The molecule has 1 fully saturated rings. The fourth-order valence-electron chi connectivity index (χ4n) is 3.84. The topological polar surface area (TPSA) is 120 Å². The highest BCUT2D eigenvalue weighted by Gasteiger charge is 2.36. The fourth-order valence-corrected chi connectivity index (χ4v) is 5.67. The molecule has 1 saturated heterocycles. The summed E-state index contributed by atoms with van der Waals surface area (Å²) < 4.78 is 38.8. The van der Waals surface area contributed by atoms with Gasteiger partial charge in [0, 0.05) is 6.42 Å². The minimum atomic E-state index is -4.10. The van der Waals surface area contributed by atoms with E-state index in [0.717, 1.165) is 6.42 Å². The van der Waals surface area contributed by atoms with E-state index >= 15 is 0 Å².